The second-order valence-corrected chi connectivity index (χ2v) is 5.83. The summed E-state index contributed by atoms with van der Waals surface area (Å²) in [4.78, 5) is 0. The van der Waals surface area contributed by atoms with Crippen LogP contribution in [0.4, 0.5) is 0 Å². The molecule has 0 spiro atoms. The van der Waals surface area contributed by atoms with Crippen LogP contribution in [0, 0.1) is 27.7 Å². The molecule has 1 aliphatic rings. The first kappa shape index (κ1) is 12.6. The fourth-order valence-corrected chi connectivity index (χ4v) is 3.18. The van der Waals surface area contributed by atoms with Crippen LogP contribution in [0.5, 0.6) is 0 Å². The molecule has 0 aliphatic heterocycles. The Labute approximate surface area is 105 Å². The van der Waals surface area contributed by atoms with E-state index >= 15 is 0 Å². The average molecular weight is 231 g/mol. The van der Waals surface area contributed by atoms with E-state index < -0.39 is 0 Å². The van der Waals surface area contributed by atoms with Gasteiger partial charge in [-0.2, -0.15) is 0 Å². The molecule has 1 aromatic rings. The van der Waals surface area contributed by atoms with Gasteiger partial charge in [0.1, 0.15) is 0 Å². The van der Waals surface area contributed by atoms with Gasteiger partial charge in [-0.1, -0.05) is 25.3 Å². The van der Waals surface area contributed by atoms with Gasteiger partial charge in [-0.3, -0.25) is 0 Å². The quantitative estimate of drug-likeness (QED) is 0.775. The highest BCUT2D eigenvalue weighted by Gasteiger charge is 2.31. The van der Waals surface area contributed by atoms with E-state index in [1.165, 1.54) is 47.1 Å². The maximum atomic E-state index is 6.67. The van der Waals surface area contributed by atoms with Crippen LogP contribution in [0.2, 0.25) is 0 Å². The van der Waals surface area contributed by atoms with Gasteiger partial charge in [-0.05, 0) is 68.4 Å². The molecule has 0 bridgehead atoms. The van der Waals surface area contributed by atoms with Crippen LogP contribution < -0.4 is 5.73 Å². The van der Waals surface area contributed by atoms with Crippen molar-refractivity contribution in [2.75, 3.05) is 0 Å². The summed E-state index contributed by atoms with van der Waals surface area (Å²) in [6.07, 6.45) is 6.21. The molecule has 94 valence electrons. The second kappa shape index (κ2) is 4.45. The first-order chi connectivity index (χ1) is 7.96. The standard InChI is InChI=1S/C16H25N/c1-11-10-15(14(4)13(3)12(11)2)16(17)8-6-5-7-9-16/h10H,5-9,17H2,1-4H3. The average Bonchev–Trinajstić information content (AvgIpc) is 2.32. The summed E-state index contributed by atoms with van der Waals surface area (Å²) in [6.45, 7) is 8.89. The lowest BCUT2D eigenvalue weighted by atomic mass is 9.74. The zero-order valence-corrected chi connectivity index (χ0v) is 11.7. The number of benzene rings is 1. The number of hydrogen-bond acceptors (Lipinski definition) is 1. The van der Waals surface area contributed by atoms with Crippen molar-refractivity contribution in [3.05, 3.63) is 33.9 Å². The van der Waals surface area contributed by atoms with Gasteiger partial charge in [0.2, 0.25) is 0 Å². The van der Waals surface area contributed by atoms with Crippen molar-refractivity contribution in [2.24, 2.45) is 5.73 Å². The molecular formula is C16H25N. The Balaban J connectivity index is 2.51. The van der Waals surface area contributed by atoms with Gasteiger partial charge in [0.15, 0.2) is 0 Å². The summed E-state index contributed by atoms with van der Waals surface area (Å²) < 4.78 is 0. The highest BCUT2D eigenvalue weighted by atomic mass is 14.7. The van der Waals surface area contributed by atoms with Gasteiger partial charge < -0.3 is 5.73 Å². The number of rotatable bonds is 1. The highest BCUT2D eigenvalue weighted by molar-refractivity contribution is 5.46. The SMILES string of the molecule is Cc1cc(C2(N)CCCCC2)c(C)c(C)c1C. The molecule has 0 unspecified atom stereocenters. The fraction of sp³-hybridized carbons (Fsp3) is 0.625. The molecule has 2 rings (SSSR count). The molecule has 0 saturated heterocycles. The minimum Gasteiger partial charge on any atom is -0.321 e. The minimum atomic E-state index is -0.0639. The summed E-state index contributed by atoms with van der Waals surface area (Å²) in [7, 11) is 0. The molecule has 0 atom stereocenters. The molecule has 1 aliphatic carbocycles. The van der Waals surface area contributed by atoms with Gasteiger partial charge >= 0.3 is 0 Å². The number of aryl methyl sites for hydroxylation is 1. The Hall–Kier alpha value is -0.820. The third-order valence-corrected chi connectivity index (χ3v) is 4.76. The Kier molecular flexibility index (Phi) is 3.31. The predicted molar refractivity (Wildman–Crippen MR) is 74.3 cm³/mol. The van der Waals surface area contributed by atoms with Crippen LogP contribution in [0.3, 0.4) is 0 Å². The molecule has 0 heterocycles. The molecular weight excluding hydrogens is 206 g/mol. The van der Waals surface area contributed by atoms with Crippen LogP contribution in [0.15, 0.2) is 6.07 Å². The molecule has 0 radical (unpaired) electrons. The maximum Gasteiger partial charge on any atom is 0.0412 e. The van der Waals surface area contributed by atoms with Crippen molar-refractivity contribution in [2.45, 2.75) is 65.3 Å². The largest absolute Gasteiger partial charge is 0.321 e. The van der Waals surface area contributed by atoms with Gasteiger partial charge in [0, 0.05) is 5.54 Å². The van der Waals surface area contributed by atoms with Crippen LogP contribution in [0.1, 0.15) is 59.9 Å². The van der Waals surface area contributed by atoms with Gasteiger partial charge in [-0.25, -0.2) is 0 Å². The summed E-state index contributed by atoms with van der Waals surface area (Å²) >= 11 is 0. The maximum absolute atomic E-state index is 6.67. The molecule has 1 saturated carbocycles. The summed E-state index contributed by atoms with van der Waals surface area (Å²) in [6, 6.07) is 2.34. The van der Waals surface area contributed by atoms with Crippen molar-refractivity contribution in [3.8, 4) is 0 Å². The van der Waals surface area contributed by atoms with Crippen molar-refractivity contribution in [1.82, 2.24) is 0 Å². The van der Waals surface area contributed by atoms with Crippen LogP contribution >= 0.6 is 0 Å². The van der Waals surface area contributed by atoms with E-state index in [0.717, 1.165) is 12.8 Å². The van der Waals surface area contributed by atoms with Gasteiger partial charge in [-0.15, -0.1) is 0 Å². The second-order valence-electron chi connectivity index (χ2n) is 5.83. The number of hydrogen-bond donors (Lipinski definition) is 1. The van der Waals surface area contributed by atoms with E-state index in [1.54, 1.807) is 0 Å². The summed E-state index contributed by atoms with van der Waals surface area (Å²) in [5, 5.41) is 0. The topological polar surface area (TPSA) is 26.0 Å². The molecule has 2 N–H and O–H groups in total. The van der Waals surface area contributed by atoms with Crippen LogP contribution in [-0.2, 0) is 5.54 Å². The van der Waals surface area contributed by atoms with E-state index in [0.29, 0.717) is 0 Å². The Morgan fingerprint density at radius 2 is 1.47 bits per heavy atom. The normalized spacial score (nSPS) is 19.4. The predicted octanol–water partition coefficient (Wildman–Crippen LogP) is 4.04. The van der Waals surface area contributed by atoms with Crippen molar-refractivity contribution in [3.63, 3.8) is 0 Å². The zero-order valence-electron chi connectivity index (χ0n) is 11.7. The third-order valence-electron chi connectivity index (χ3n) is 4.76. The van der Waals surface area contributed by atoms with E-state index in [2.05, 4.69) is 33.8 Å². The summed E-state index contributed by atoms with van der Waals surface area (Å²) in [5.74, 6) is 0. The molecule has 0 amide bonds. The van der Waals surface area contributed by atoms with Crippen molar-refractivity contribution in [1.29, 1.82) is 0 Å². The third kappa shape index (κ3) is 2.13. The molecule has 17 heavy (non-hydrogen) atoms. The molecule has 0 aromatic heterocycles. The fourth-order valence-electron chi connectivity index (χ4n) is 3.18. The van der Waals surface area contributed by atoms with Crippen molar-refractivity contribution < 1.29 is 0 Å². The lowest BCUT2D eigenvalue weighted by molar-refractivity contribution is 0.301. The Bertz CT molecular complexity index is 426. The number of nitrogens with two attached hydrogens (primary N) is 1. The monoisotopic (exact) mass is 231 g/mol. The van der Waals surface area contributed by atoms with E-state index in [-0.39, 0.29) is 5.54 Å². The Morgan fingerprint density at radius 1 is 0.882 bits per heavy atom. The van der Waals surface area contributed by atoms with E-state index in [9.17, 15) is 0 Å². The van der Waals surface area contributed by atoms with Crippen LogP contribution in [0.25, 0.3) is 0 Å². The van der Waals surface area contributed by atoms with E-state index in [1.807, 2.05) is 0 Å². The molecule has 1 aromatic carbocycles. The lowest BCUT2D eigenvalue weighted by Gasteiger charge is -2.36. The van der Waals surface area contributed by atoms with E-state index in [4.69, 9.17) is 5.73 Å². The minimum absolute atomic E-state index is 0.0639. The lowest BCUT2D eigenvalue weighted by Crippen LogP contribution is -2.39. The van der Waals surface area contributed by atoms with Gasteiger partial charge in [0.05, 0.1) is 0 Å². The van der Waals surface area contributed by atoms with Gasteiger partial charge in [0.25, 0.3) is 0 Å². The first-order valence-corrected chi connectivity index (χ1v) is 6.82. The smallest absolute Gasteiger partial charge is 0.0412 e. The molecule has 1 fully saturated rings. The van der Waals surface area contributed by atoms with Crippen LogP contribution in [-0.4, -0.2) is 0 Å². The molecule has 1 heteroatoms. The Morgan fingerprint density at radius 3 is 2.06 bits per heavy atom. The first-order valence-electron chi connectivity index (χ1n) is 6.82. The highest BCUT2D eigenvalue weighted by Crippen LogP contribution is 2.38. The summed E-state index contributed by atoms with van der Waals surface area (Å²) in [5.41, 5.74) is 13.7. The molecule has 1 nitrogen and oxygen atoms in total. The zero-order chi connectivity index (χ0) is 12.6. The van der Waals surface area contributed by atoms with Crippen molar-refractivity contribution >= 4 is 0 Å².